The summed E-state index contributed by atoms with van der Waals surface area (Å²) in [6, 6.07) is 5.97. The summed E-state index contributed by atoms with van der Waals surface area (Å²) in [6.07, 6.45) is 4.93. The number of nitrogens with one attached hydrogen (secondary N) is 1. The molecule has 0 aliphatic carbocycles. The third-order valence-corrected chi connectivity index (χ3v) is 4.83. The minimum absolute atomic E-state index is 0.0547. The van der Waals surface area contributed by atoms with Gasteiger partial charge in [-0.3, -0.25) is 4.79 Å². The Morgan fingerprint density at radius 3 is 3.00 bits per heavy atom. The first-order valence-corrected chi connectivity index (χ1v) is 8.44. The molecule has 1 amide bonds. The number of piperidine rings is 1. The van der Waals surface area contributed by atoms with Crippen LogP contribution in [0.1, 0.15) is 43.0 Å². The predicted octanol–water partition coefficient (Wildman–Crippen LogP) is 3.03. The summed E-state index contributed by atoms with van der Waals surface area (Å²) in [4.78, 5) is 14.5. The standard InChI is InChI=1S/C16H24BrN3O/c1-12-5-2-3-9-20(12)10-4-8-19-16(21)13-6-7-14(17)15(18)11-13/h6-7,11-12H,2-5,8-10,18H2,1H3,(H,19,21). The molecule has 5 heteroatoms. The molecule has 1 atom stereocenters. The molecule has 116 valence electrons. The van der Waals surface area contributed by atoms with E-state index in [0.717, 1.165) is 17.4 Å². The summed E-state index contributed by atoms with van der Waals surface area (Å²) in [7, 11) is 0. The van der Waals surface area contributed by atoms with Crippen LogP contribution in [0, 0.1) is 0 Å². The Labute approximate surface area is 135 Å². The lowest BCUT2D eigenvalue weighted by Gasteiger charge is -2.33. The van der Waals surface area contributed by atoms with E-state index in [-0.39, 0.29) is 5.91 Å². The van der Waals surface area contributed by atoms with Gasteiger partial charge in [-0.25, -0.2) is 0 Å². The Hall–Kier alpha value is -1.07. The van der Waals surface area contributed by atoms with Crippen LogP contribution in [-0.4, -0.2) is 36.5 Å². The molecule has 0 spiro atoms. The Balaban J connectivity index is 1.72. The van der Waals surface area contributed by atoms with E-state index in [0.29, 0.717) is 23.8 Å². The van der Waals surface area contributed by atoms with Gasteiger partial charge < -0.3 is 16.0 Å². The molecule has 0 radical (unpaired) electrons. The number of hydrogen-bond acceptors (Lipinski definition) is 3. The topological polar surface area (TPSA) is 58.4 Å². The Morgan fingerprint density at radius 1 is 1.48 bits per heavy atom. The van der Waals surface area contributed by atoms with E-state index in [4.69, 9.17) is 5.73 Å². The molecule has 4 nitrogen and oxygen atoms in total. The molecule has 1 aromatic carbocycles. The quantitative estimate of drug-likeness (QED) is 0.631. The number of anilines is 1. The lowest BCUT2D eigenvalue weighted by Crippen LogP contribution is -2.39. The maximum Gasteiger partial charge on any atom is 0.251 e. The van der Waals surface area contributed by atoms with Crippen LogP contribution >= 0.6 is 15.9 Å². The van der Waals surface area contributed by atoms with Gasteiger partial charge in [0, 0.05) is 34.9 Å². The lowest BCUT2D eigenvalue weighted by molar-refractivity contribution is 0.0949. The summed E-state index contributed by atoms with van der Waals surface area (Å²) in [5.74, 6) is -0.0547. The van der Waals surface area contributed by atoms with Crippen LogP contribution in [0.2, 0.25) is 0 Å². The fourth-order valence-corrected chi connectivity index (χ4v) is 3.01. The minimum atomic E-state index is -0.0547. The molecule has 2 rings (SSSR count). The molecule has 3 N–H and O–H groups in total. The highest BCUT2D eigenvalue weighted by molar-refractivity contribution is 9.10. The summed E-state index contributed by atoms with van der Waals surface area (Å²) in [6.45, 7) is 5.25. The predicted molar refractivity (Wildman–Crippen MR) is 90.4 cm³/mol. The van der Waals surface area contributed by atoms with Crippen molar-refractivity contribution in [3.8, 4) is 0 Å². The van der Waals surface area contributed by atoms with Gasteiger partial charge in [0.25, 0.3) is 5.91 Å². The van der Waals surface area contributed by atoms with Gasteiger partial charge in [0.15, 0.2) is 0 Å². The molecule has 0 saturated carbocycles. The monoisotopic (exact) mass is 353 g/mol. The zero-order chi connectivity index (χ0) is 15.2. The third kappa shape index (κ3) is 4.71. The van der Waals surface area contributed by atoms with Crippen molar-refractivity contribution in [1.29, 1.82) is 0 Å². The van der Waals surface area contributed by atoms with Crippen LogP contribution in [0.4, 0.5) is 5.69 Å². The normalized spacial score (nSPS) is 19.4. The third-order valence-electron chi connectivity index (χ3n) is 4.11. The van der Waals surface area contributed by atoms with Gasteiger partial charge in [0.2, 0.25) is 0 Å². The Morgan fingerprint density at radius 2 is 2.29 bits per heavy atom. The second kappa shape index (κ2) is 7.80. The molecule has 21 heavy (non-hydrogen) atoms. The van der Waals surface area contributed by atoms with E-state index in [1.165, 1.54) is 25.8 Å². The van der Waals surface area contributed by atoms with Crippen LogP contribution in [-0.2, 0) is 0 Å². The molecule has 0 bridgehead atoms. The number of benzene rings is 1. The molecule has 0 aromatic heterocycles. The maximum atomic E-state index is 12.0. The molecule has 1 aliphatic rings. The fourth-order valence-electron chi connectivity index (χ4n) is 2.76. The highest BCUT2D eigenvalue weighted by Crippen LogP contribution is 2.20. The number of nitrogens with zero attached hydrogens (tertiary/aromatic N) is 1. The van der Waals surface area contributed by atoms with E-state index in [1.807, 2.05) is 0 Å². The first kappa shape index (κ1) is 16.3. The summed E-state index contributed by atoms with van der Waals surface area (Å²) in [5, 5.41) is 2.96. The number of amides is 1. The number of likely N-dealkylation sites (tertiary alicyclic amines) is 1. The van der Waals surface area contributed by atoms with Gasteiger partial charge in [0.1, 0.15) is 0 Å². The Bertz CT molecular complexity index is 492. The molecule has 1 heterocycles. The van der Waals surface area contributed by atoms with Crippen LogP contribution in [0.25, 0.3) is 0 Å². The van der Waals surface area contributed by atoms with E-state index >= 15 is 0 Å². The molecule has 1 aliphatic heterocycles. The van der Waals surface area contributed by atoms with Gasteiger partial charge in [-0.05, 0) is 66.9 Å². The molecular weight excluding hydrogens is 330 g/mol. The van der Waals surface area contributed by atoms with Crippen molar-refractivity contribution in [1.82, 2.24) is 10.2 Å². The van der Waals surface area contributed by atoms with Crippen molar-refractivity contribution in [2.75, 3.05) is 25.4 Å². The van der Waals surface area contributed by atoms with Gasteiger partial charge in [-0.15, -0.1) is 0 Å². The van der Waals surface area contributed by atoms with E-state index in [9.17, 15) is 4.79 Å². The van der Waals surface area contributed by atoms with Gasteiger partial charge >= 0.3 is 0 Å². The number of carbonyl (C=O) groups is 1. The Kier molecular flexibility index (Phi) is 6.06. The first-order chi connectivity index (χ1) is 10.1. The molecular formula is C16H24BrN3O. The van der Waals surface area contributed by atoms with Crippen molar-refractivity contribution in [3.63, 3.8) is 0 Å². The van der Waals surface area contributed by atoms with Crippen molar-refractivity contribution in [2.24, 2.45) is 0 Å². The summed E-state index contributed by atoms with van der Waals surface area (Å²) in [5.41, 5.74) is 6.99. The van der Waals surface area contributed by atoms with Gasteiger partial charge in [0.05, 0.1) is 0 Å². The highest BCUT2D eigenvalue weighted by atomic mass is 79.9. The SMILES string of the molecule is CC1CCCCN1CCCNC(=O)c1ccc(Br)c(N)c1. The molecule has 1 unspecified atom stereocenters. The van der Waals surface area contributed by atoms with Gasteiger partial charge in [-0.1, -0.05) is 6.42 Å². The smallest absolute Gasteiger partial charge is 0.251 e. The number of hydrogen-bond donors (Lipinski definition) is 2. The van der Waals surface area contributed by atoms with Crippen molar-refractivity contribution in [3.05, 3.63) is 28.2 Å². The van der Waals surface area contributed by atoms with Crippen molar-refractivity contribution in [2.45, 2.75) is 38.6 Å². The molecule has 1 saturated heterocycles. The lowest BCUT2D eigenvalue weighted by atomic mass is 10.0. The van der Waals surface area contributed by atoms with E-state index in [1.54, 1.807) is 18.2 Å². The summed E-state index contributed by atoms with van der Waals surface area (Å²) < 4.78 is 0.818. The highest BCUT2D eigenvalue weighted by Gasteiger charge is 2.17. The molecule has 1 aromatic rings. The number of nitrogens with two attached hydrogens (primary N) is 1. The average Bonchev–Trinajstić information content (AvgIpc) is 2.48. The van der Waals surface area contributed by atoms with Crippen LogP contribution < -0.4 is 11.1 Å². The summed E-state index contributed by atoms with van der Waals surface area (Å²) >= 11 is 3.33. The zero-order valence-corrected chi connectivity index (χ0v) is 14.2. The van der Waals surface area contributed by atoms with Crippen LogP contribution in [0.3, 0.4) is 0 Å². The number of halogens is 1. The van der Waals surface area contributed by atoms with E-state index < -0.39 is 0 Å². The van der Waals surface area contributed by atoms with Crippen molar-refractivity contribution >= 4 is 27.5 Å². The second-order valence-electron chi connectivity index (χ2n) is 5.73. The zero-order valence-electron chi connectivity index (χ0n) is 12.6. The molecule has 1 fully saturated rings. The maximum absolute atomic E-state index is 12.0. The van der Waals surface area contributed by atoms with E-state index in [2.05, 4.69) is 33.1 Å². The minimum Gasteiger partial charge on any atom is -0.398 e. The number of carbonyl (C=O) groups excluding carboxylic acids is 1. The second-order valence-corrected chi connectivity index (χ2v) is 6.58. The van der Waals surface area contributed by atoms with Crippen molar-refractivity contribution < 1.29 is 4.79 Å². The number of rotatable bonds is 5. The first-order valence-electron chi connectivity index (χ1n) is 7.65. The van der Waals surface area contributed by atoms with Gasteiger partial charge in [-0.2, -0.15) is 0 Å². The van der Waals surface area contributed by atoms with Crippen LogP contribution in [0.5, 0.6) is 0 Å². The fraction of sp³-hybridized carbons (Fsp3) is 0.562. The average molecular weight is 354 g/mol. The number of nitrogen functional groups attached to an aromatic ring is 1. The van der Waals surface area contributed by atoms with Crippen LogP contribution in [0.15, 0.2) is 22.7 Å². The largest absolute Gasteiger partial charge is 0.398 e.